The highest BCUT2D eigenvalue weighted by Gasteiger charge is 2.15. The van der Waals surface area contributed by atoms with E-state index in [2.05, 4.69) is 21.0 Å². The van der Waals surface area contributed by atoms with Crippen molar-refractivity contribution in [2.24, 2.45) is 7.05 Å². The van der Waals surface area contributed by atoms with E-state index in [-0.39, 0.29) is 18.0 Å². The molecule has 0 spiro atoms. The Kier molecular flexibility index (Phi) is 4.50. The highest BCUT2D eigenvalue weighted by Crippen LogP contribution is 2.25. The number of hydrogen-bond acceptors (Lipinski definition) is 3. The van der Waals surface area contributed by atoms with Crippen molar-refractivity contribution in [1.82, 2.24) is 15.1 Å². The molecular formula is C17H21N5O2. The zero-order valence-corrected chi connectivity index (χ0v) is 13.8. The molecule has 7 heteroatoms. The second-order valence-electron chi connectivity index (χ2n) is 6.04. The van der Waals surface area contributed by atoms with Crippen LogP contribution in [0, 0.1) is 0 Å². The molecule has 1 aromatic heterocycles. The SMILES string of the molecule is C[C@@H](NC(=O)Nc1ccc2c(c1)CCCC(=O)N2)c1cnn(C)c1. The Morgan fingerprint density at radius 3 is 2.96 bits per heavy atom. The zero-order chi connectivity index (χ0) is 17.1. The second-order valence-corrected chi connectivity index (χ2v) is 6.04. The number of hydrogen-bond donors (Lipinski definition) is 3. The van der Waals surface area contributed by atoms with Crippen molar-refractivity contribution in [3.05, 3.63) is 41.7 Å². The number of fused-ring (bicyclic) bond motifs is 1. The smallest absolute Gasteiger partial charge is 0.319 e. The molecule has 2 aromatic rings. The first-order valence-corrected chi connectivity index (χ1v) is 8.00. The summed E-state index contributed by atoms with van der Waals surface area (Å²) in [5, 5.41) is 12.7. The Morgan fingerprint density at radius 1 is 1.38 bits per heavy atom. The minimum atomic E-state index is -0.274. The van der Waals surface area contributed by atoms with E-state index < -0.39 is 0 Å². The van der Waals surface area contributed by atoms with Gasteiger partial charge in [-0.05, 0) is 43.5 Å². The largest absolute Gasteiger partial charge is 0.331 e. The van der Waals surface area contributed by atoms with Crippen molar-refractivity contribution in [3.8, 4) is 0 Å². The third kappa shape index (κ3) is 3.73. The van der Waals surface area contributed by atoms with Crippen molar-refractivity contribution in [1.29, 1.82) is 0 Å². The molecule has 0 saturated carbocycles. The van der Waals surface area contributed by atoms with Gasteiger partial charge in [-0.15, -0.1) is 0 Å². The van der Waals surface area contributed by atoms with Crippen molar-refractivity contribution in [2.75, 3.05) is 10.6 Å². The van der Waals surface area contributed by atoms with E-state index in [1.165, 1.54) is 0 Å². The molecule has 24 heavy (non-hydrogen) atoms. The van der Waals surface area contributed by atoms with Crippen molar-refractivity contribution >= 4 is 23.3 Å². The van der Waals surface area contributed by atoms with E-state index in [9.17, 15) is 9.59 Å². The molecule has 3 amide bonds. The Bertz CT molecular complexity index is 768. The Labute approximate surface area is 140 Å². The number of nitrogens with zero attached hydrogens (tertiary/aromatic N) is 2. The van der Waals surface area contributed by atoms with Crippen LogP contribution in [0.25, 0.3) is 0 Å². The first-order valence-electron chi connectivity index (χ1n) is 8.00. The number of rotatable bonds is 3. The van der Waals surface area contributed by atoms with Crippen LogP contribution in [0.5, 0.6) is 0 Å². The summed E-state index contributed by atoms with van der Waals surface area (Å²) in [6.45, 7) is 1.91. The lowest BCUT2D eigenvalue weighted by Gasteiger charge is -2.14. The van der Waals surface area contributed by atoms with E-state index in [0.29, 0.717) is 12.1 Å². The van der Waals surface area contributed by atoms with Crippen LogP contribution in [0.4, 0.5) is 16.2 Å². The summed E-state index contributed by atoms with van der Waals surface area (Å²) in [6.07, 6.45) is 5.76. The summed E-state index contributed by atoms with van der Waals surface area (Å²) in [7, 11) is 1.84. The van der Waals surface area contributed by atoms with E-state index in [0.717, 1.165) is 29.7 Å². The van der Waals surface area contributed by atoms with Crippen LogP contribution in [0.15, 0.2) is 30.6 Å². The molecule has 0 saturated heterocycles. The molecule has 1 aliphatic rings. The van der Waals surface area contributed by atoms with Crippen LogP contribution < -0.4 is 16.0 Å². The van der Waals surface area contributed by atoms with Crippen molar-refractivity contribution in [3.63, 3.8) is 0 Å². The molecule has 0 unspecified atom stereocenters. The monoisotopic (exact) mass is 327 g/mol. The maximum absolute atomic E-state index is 12.2. The van der Waals surface area contributed by atoms with E-state index in [1.807, 2.05) is 32.3 Å². The van der Waals surface area contributed by atoms with Gasteiger partial charge in [0.05, 0.1) is 12.2 Å². The standard InChI is InChI=1S/C17H21N5O2/c1-11(13-9-18-22(2)10-13)19-17(24)20-14-6-7-15-12(8-14)4-3-5-16(23)21-15/h6-11H,3-5H2,1-2H3,(H,21,23)(H2,19,20,24)/t11-/m1/s1. The molecule has 0 aliphatic carbocycles. The van der Waals surface area contributed by atoms with Gasteiger partial charge in [0, 0.05) is 36.6 Å². The molecule has 2 heterocycles. The normalized spacial score (nSPS) is 15.0. The van der Waals surface area contributed by atoms with Gasteiger partial charge in [0.1, 0.15) is 0 Å². The van der Waals surface area contributed by atoms with Gasteiger partial charge in [-0.3, -0.25) is 9.48 Å². The molecule has 1 atom stereocenters. The average molecular weight is 327 g/mol. The van der Waals surface area contributed by atoms with Gasteiger partial charge in [-0.25, -0.2) is 4.79 Å². The average Bonchev–Trinajstić information content (AvgIpc) is 2.87. The van der Waals surface area contributed by atoms with Gasteiger partial charge in [0.25, 0.3) is 0 Å². The molecule has 126 valence electrons. The topological polar surface area (TPSA) is 88.1 Å². The third-order valence-corrected chi connectivity index (χ3v) is 4.06. The Hall–Kier alpha value is -2.83. The summed E-state index contributed by atoms with van der Waals surface area (Å²) in [5.41, 5.74) is 3.52. The predicted octanol–water partition coefficient (Wildman–Crippen LogP) is 2.58. The summed E-state index contributed by atoms with van der Waals surface area (Å²) in [5.74, 6) is 0.0393. The summed E-state index contributed by atoms with van der Waals surface area (Å²) in [4.78, 5) is 23.7. The molecular weight excluding hydrogens is 306 g/mol. The summed E-state index contributed by atoms with van der Waals surface area (Å²) in [6, 6.07) is 5.12. The number of carbonyl (C=O) groups is 2. The van der Waals surface area contributed by atoms with Gasteiger partial charge in [-0.2, -0.15) is 5.10 Å². The van der Waals surface area contributed by atoms with Crippen LogP contribution in [0.2, 0.25) is 0 Å². The molecule has 1 aliphatic heterocycles. The minimum Gasteiger partial charge on any atom is -0.331 e. The maximum Gasteiger partial charge on any atom is 0.319 e. The molecule has 3 rings (SSSR count). The Balaban J connectivity index is 1.64. The lowest BCUT2D eigenvalue weighted by atomic mass is 10.1. The van der Waals surface area contributed by atoms with E-state index >= 15 is 0 Å². The van der Waals surface area contributed by atoms with Crippen LogP contribution in [0.3, 0.4) is 0 Å². The highest BCUT2D eigenvalue weighted by molar-refractivity contribution is 5.94. The quantitative estimate of drug-likeness (QED) is 0.809. The molecule has 0 fully saturated rings. The summed E-state index contributed by atoms with van der Waals surface area (Å²) < 4.78 is 1.70. The predicted molar refractivity (Wildman–Crippen MR) is 91.8 cm³/mol. The molecule has 0 bridgehead atoms. The first-order chi connectivity index (χ1) is 11.5. The number of amides is 3. The van der Waals surface area contributed by atoms with Crippen molar-refractivity contribution < 1.29 is 9.59 Å². The van der Waals surface area contributed by atoms with Crippen LogP contribution in [-0.4, -0.2) is 21.7 Å². The van der Waals surface area contributed by atoms with Crippen LogP contribution >= 0.6 is 0 Å². The fourth-order valence-corrected chi connectivity index (χ4v) is 2.76. The highest BCUT2D eigenvalue weighted by atomic mass is 16.2. The third-order valence-electron chi connectivity index (χ3n) is 4.06. The van der Waals surface area contributed by atoms with E-state index in [4.69, 9.17) is 0 Å². The second kappa shape index (κ2) is 6.74. The molecule has 7 nitrogen and oxygen atoms in total. The number of carbonyl (C=O) groups excluding carboxylic acids is 2. The van der Waals surface area contributed by atoms with Gasteiger partial charge >= 0.3 is 6.03 Å². The number of aryl methyl sites for hydroxylation is 2. The number of anilines is 2. The maximum atomic E-state index is 12.2. The number of aromatic nitrogens is 2. The van der Waals surface area contributed by atoms with Gasteiger partial charge in [0.15, 0.2) is 0 Å². The fraction of sp³-hybridized carbons (Fsp3) is 0.353. The van der Waals surface area contributed by atoms with Gasteiger partial charge in [-0.1, -0.05) is 0 Å². The Morgan fingerprint density at radius 2 is 2.21 bits per heavy atom. The minimum absolute atomic E-state index is 0.0393. The van der Waals surface area contributed by atoms with Gasteiger partial charge < -0.3 is 16.0 Å². The molecule has 3 N–H and O–H groups in total. The van der Waals surface area contributed by atoms with Crippen LogP contribution in [0.1, 0.15) is 36.9 Å². The van der Waals surface area contributed by atoms with Crippen LogP contribution in [-0.2, 0) is 18.3 Å². The number of urea groups is 1. The lowest BCUT2D eigenvalue weighted by molar-refractivity contribution is -0.116. The number of benzene rings is 1. The first kappa shape index (κ1) is 16.0. The number of nitrogens with one attached hydrogen (secondary N) is 3. The summed E-state index contributed by atoms with van der Waals surface area (Å²) >= 11 is 0. The fourth-order valence-electron chi connectivity index (χ4n) is 2.76. The van der Waals surface area contributed by atoms with E-state index in [1.54, 1.807) is 16.9 Å². The zero-order valence-electron chi connectivity index (χ0n) is 13.8. The lowest BCUT2D eigenvalue weighted by Crippen LogP contribution is -2.31. The molecule has 0 radical (unpaired) electrons. The molecule has 1 aromatic carbocycles. The van der Waals surface area contributed by atoms with Crippen molar-refractivity contribution in [2.45, 2.75) is 32.2 Å². The van der Waals surface area contributed by atoms with Gasteiger partial charge in [0.2, 0.25) is 5.91 Å².